The summed E-state index contributed by atoms with van der Waals surface area (Å²) in [5.41, 5.74) is 0.511. The van der Waals surface area contributed by atoms with Crippen LogP contribution in [0, 0.1) is 0 Å². The van der Waals surface area contributed by atoms with Gasteiger partial charge in [-0.3, -0.25) is 0 Å². The van der Waals surface area contributed by atoms with Gasteiger partial charge in [0.1, 0.15) is 0 Å². The van der Waals surface area contributed by atoms with Crippen LogP contribution in [0.25, 0.3) is 0 Å². The summed E-state index contributed by atoms with van der Waals surface area (Å²) >= 11 is 0. The van der Waals surface area contributed by atoms with Crippen LogP contribution < -0.4 is 9.86 Å². The van der Waals surface area contributed by atoms with Gasteiger partial charge >= 0.3 is 0 Å². The van der Waals surface area contributed by atoms with E-state index in [1.54, 1.807) is 13.0 Å². The molecule has 0 aliphatic carbocycles. The van der Waals surface area contributed by atoms with E-state index in [4.69, 9.17) is 9.88 Å². The summed E-state index contributed by atoms with van der Waals surface area (Å²) in [6, 6.07) is 5.80. The maximum atomic E-state index is 11.6. The van der Waals surface area contributed by atoms with Gasteiger partial charge in [0.2, 0.25) is 20.0 Å². The van der Waals surface area contributed by atoms with Crippen molar-refractivity contribution in [3.8, 4) is 0 Å². The lowest BCUT2D eigenvalue weighted by Crippen LogP contribution is -2.28. The number of primary sulfonamides is 1. The van der Waals surface area contributed by atoms with E-state index < -0.39 is 20.0 Å². The molecule has 0 spiro atoms. The number of hydrogen-bond acceptors (Lipinski definition) is 5. The molecule has 0 amide bonds. The number of hydrogen-bond donors (Lipinski definition) is 2. The van der Waals surface area contributed by atoms with Crippen LogP contribution in [0.2, 0.25) is 0 Å². The SMILES string of the molecule is CCOCCS(=O)(=O)NCc1cccc(S(N)(=O)=O)c1. The largest absolute Gasteiger partial charge is 0.381 e. The Morgan fingerprint density at radius 2 is 1.95 bits per heavy atom. The Morgan fingerprint density at radius 1 is 1.25 bits per heavy atom. The molecule has 0 aromatic heterocycles. The molecule has 20 heavy (non-hydrogen) atoms. The van der Waals surface area contributed by atoms with Crippen molar-refractivity contribution in [3.05, 3.63) is 29.8 Å². The van der Waals surface area contributed by atoms with Crippen molar-refractivity contribution in [2.45, 2.75) is 18.4 Å². The zero-order valence-electron chi connectivity index (χ0n) is 11.1. The zero-order chi connectivity index (χ0) is 15.2. The van der Waals surface area contributed by atoms with Crippen LogP contribution in [0.15, 0.2) is 29.2 Å². The van der Waals surface area contributed by atoms with Gasteiger partial charge in [-0.15, -0.1) is 0 Å². The van der Waals surface area contributed by atoms with E-state index >= 15 is 0 Å². The highest BCUT2D eigenvalue weighted by Gasteiger charge is 2.11. The van der Waals surface area contributed by atoms with Crippen LogP contribution in [-0.2, 0) is 31.3 Å². The smallest absolute Gasteiger partial charge is 0.238 e. The predicted molar refractivity (Wildman–Crippen MR) is 74.9 cm³/mol. The molecule has 0 heterocycles. The first-order valence-corrected chi connectivity index (χ1v) is 9.11. The van der Waals surface area contributed by atoms with Gasteiger partial charge in [-0.25, -0.2) is 26.7 Å². The second kappa shape index (κ2) is 7.14. The molecule has 0 aliphatic heterocycles. The molecule has 0 atom stereocenters. The molecule has 9 heteroatoms. The highest BCUT2D eigenvalue weighted by molar-refractivity contribution is 7.89. The molecular formula is C11H18N2O5S2. The number of nitrogens with one attached hydrogen (secondary N) is 1. The van der Waals surface area contributed by atoms with E-state index in [1.165, 1.54) is 18.2 Å². The van der Waals surface area contributed by atoms with E-state index in [-0.39, 0.29) is 23.8 Å². The van der Waals surface area contributed by atoms with Crippen molar-refractivity contribution >= 4 is 20.0 Å². The number of nitrogens with two attached hydrogens (primary N) is 1. The van der Waals surface area contributed by atoms with Crippen LogP contribution >= 0.6 is 0 Å². The molecule has 1 rings (SSSR count). The molecule has 0 fully saturated rings. The predicted octanol–water partition coefficient (Wildman–Crippen LogP) is -0.210. The van der Waals surface area contributed by atoms with Gasteiger partial charge in [0.15, 0.2) is 0 Å². The Kier molecular flexibility index (Phi) is 6.08. The van der Waals surface area contributed by atoms with Crippen molar-refractivity contribution in [1.82, 2.24) is 4.72 Å². The lowest BCUT2D eigenvalue weighted by atomic mass is 10.2. The minimum Gasteiger partial charge on any atom is -0.381 e. The highest BCUT2D eigenvalue weighted by Crippen LogP contribution is 2.09. The number of benzene rings is 1. The summed E-state index contributed by atoms with van der Waals surface area (Å²) in [6.07, 6.45) is 0. The first kappa shape index (κ1) is 17.1. The van der Waals surface area contributed by atoms with Crippen LogP contribution in [0.4, 0.5) is 0 Å². The van der Waals surface area contributed by atoms with E-state index in [1.807, 2.05) is 0 Å². The molecule has 3 N–H and O–H groups in total. The maximum absolute atomic E-state index is 11.6. The molecule has 0 bridgehead atoms. The molecule has 0 saturated heterocycles. The summed E-state index contributed by atoms with van der Waals surface area (Å²) in [4.78, 5) is -0.0523. The van der Waals surface area contributed by atoms with Crippen molar-refractivity contribution in [2.24, 2.45) is 5.14 Å². The number of sulfonamides is 2. The third-order valence-corrected chi connectivity index (χ3v) is 4.62. The minimum absolute atomic E-state index is 0.00216. The average molecular weight is 322 g/mol. The van der Waals surface area contributed by atoms with Crippen molar-refractivity contribution in [2.75, 3.05) is 19.0 Å². The Hall–Kier alpha value is -1.00. The molecular weight excluding hydrogens is 304 g/mol. The molecule has 0 unspecified atom stereocenters. The fraction of sp³-hybridized carbons (Fsp3) is 0.455. The standard InChI is InChI=1S/C11H18N2O5S2/c1-2-18-6-7-19(14,15)13-9-10-4-3-5-11(8-10)20(12,16)17/h3-5,8,13H,2,6-7,9H2,1H3,(H2,12,16,17). The Bertz CT molecular complexity index is 641. The fourth-order valence-corrected chi connectivity index (χ4v) is 2.86. The average Bonchev–Trinajstić information content (AvgIpc) is 2.36. The fourth-order valence-electron chi connectivity index (χ4n) is 1.41. The lowest BCUT2D eigenvalue weighted by Gasteiger charge is -2.07. The van der Waals surface area contributed by atoms with Crippen LogP contribution in [0.1, 0.15) is 12.5 Å². The number of rotatable bonds is 8. The molecule has 0 saturated carbocycles. The molecule has 0 radical (unpaired) electrons. The summed E-state index contributed by atoms with van der Waals surface area (Å²) in [5.74, 6) is -0.143. The first-order chi connectivity index (χ1) is 9.24. The van der Waals surface area contributed by atoms with Crippen molar-refractivity contribution < 1.29 is 21.6 Å². The summed E-state index contributed by atoms with van der Waals surface area (Å²) in [6.45, 7) is 2.34. The van der Waals surface area contributed by atoms with E-state index in [2.05, 4.69) is 4.72 Å². The third-order valence-electron chi connectivity index (χ3n) is 2.42. The van der Waals surface area contributed by atoms with Crippen LogP contribution in [0.5, 0.6) is 0 Å². The zero-order valence-corrected chi connectivity index (χ0v) is 12.7. The highest BCUT2D eigenvalue weighted by atomic mass is 32.2. The summed E-state index contributed by atoms with van der Waals surface area (Å²) < 4.78 is 53.0. The maximum Gasteiger partial charge on any atom is 0.238 e. The van der Waals surface area contributed by atoms with Crippen molar-refractivity contribution in [1.29, 1.82) is 0 Å². The molecule has 7 nitrogen and oxygen atoms in total. The van der Waals surface area contributed by atoms with Gasteiger partial charge in [0.25, 0.3) is 0 Å². The minimum atomic E-state index is -3.79. The summed E-state index contributed by atoms with van der Waals surface area (Å²) in [7, 11) is -7.25. The van der Waals surface area contributed by atoms with Gasteiger partial charge in [-0.1, -0.05) is 12.1 Å². The molecule has 0 aliphatic rings. The third kappa shape index (κ3) is 5.97. The van der Waals surface area contributed by atoms with Gasteiger partial charge in [0, 0.05) is 13.2 Å². The van der Waals surface area contributed by atoms with Crippen LogP contribution in [-0.4, -0.2) is 35.8 Å². The van der Waals surface area contributed by atoms with E-state index in [0.29, 0.717) is 12.2 Å². The van der Waals surface area contributed by atoms with Gasteiger partial charge in [-0.2, -0.15) is 0 Å². The normalized spacial score (nSPS) is 12.5. The topological polar surface area (TPSA) is 116 Å². The van der Waals surface area contributed by atoms with E-state index in [9.17, 15) is 16.8 Å². The Labute approximate surface area is 119 Å². The quantitative estimate of drug-likeness (QED) is 0.643. The van der Waals surface area contributed by atoms with Crippen molar-refractivity contribution in [3.63, 3.8) is 0 Å². The second-order valence-electron chi connectivity index (χ2n) is 4.03. The lowest BCUT2D eigenvalue weighted by molar-refractivity contribution is 0.163. The monoisotopic (exact) mass is 322 g/mol. The molecule has 1 aromatic rings. The Balaban J connectivity index is 2.66. The van der Waals surface area contributed by atoms with E-state index in [0.717, 1.165) is 0 Å². The molecule has 1 aromatic carbocycles. The number of ether oxygens (including phenoxy) is 1. The molecule has 114 valence electrons. The van der Waals surface area contributed by atoms with Gasteiger partial charge in [0.05, 0.1) is 17.3 Å². The van der Waals surface area contributed by atoms with Gasteiger partial charge in [-0.05, 0) is 24.6 Å². The second-order valence-corrected chi connectivity index (χ2v) is 7.52. The Morgan fingerprint density at radius 3 is 2.55 bits per heavy atom. The summed E-state index contributed by atoms with van der Waals surface area (Å²) in [5, 5.41) is 5.01. The van der Waals surface area contributed by atoms with Crippen LogP contribution in [0.3, 0.4) is 0 Å². The van der Waals surface area contributed by atoms with Gasteiger partial charge < -0.3 is 4.74 Å². The first-order valence-electron chi connectivity index (χ1n) is 5.91.